The van der Waals surface area contributed by atoms with Gasteiger partial charge in [0.15, 0.2) is 0 Å². The van der Waals surface area contributed by atoms with Gasteiger partial charge in [-0.2, -0.15) is 0 Å². The molecule has 4 heterocycles. The first-order chi connectivity index (χ1) is 13.2. The Balaban J connectivity index is 1.70. The second kappa shape index (κ2) is 8.49. The van der Waals surface area contributed by atoms with Crippen molar-refractivity contribution in [1.82, 2.24) is 20.2 Å². The molecule has 0 saturated carbocycles. The van der Waals surface area contributed by atoms with E-state index >= 15 is 0 Å². The zero-order valence-corrected chi connectivity index (χ0v) is 16.6. The Hall–Kier alpha value is -1.78. The summed E-state index contributed by atoms with van der Waals surface area (Å²) >= 11 is 0. The number of hydrogen-bond donors (Lipinski definition) is 1. The molecule has 2 fully saturated rings. The van der Waals surface area contributed by atoms with Gasteiger partial charge in [-0.15, -0.1) is 0 Å². The van der Waals surface area contributed by atoms with Gasteiger partial charge >= 0.3 is 0 Å². The number of aromatic nitrogens is 2. The van der Waals surface area contributed by atoms with E-state index in [9.17, 15) is 0 Å². The molecule has 2 aromatic heterocycles. The predicted octanol–water partition coefficient (Wildman–Crippen LogP) is 4.30. The van der Waals surface area contributed by atoms with Crippen LogP contribution in [0.4, 0.5) is 0 Å². The minimum absolute atomic E-state index is 0.377. The van der Waals surface area contributed by atoms with Gasteiger partial charge in [0.25, 0.3) is 0 Å². The summed E-state index contributed by atoms with van der Waals surface area (Å²) in [5.74, 6) is 1.37. The number of likely N-dealkylation sites (tertiary alicyclic amines) is 1. The van der Waals surface area contributed by atoms with Gasteiger partial charge in [0.05, 0.1) is 23.5 Å². The molecule has 1 N–H and O–H groups in total. The third-order valence-corrected chi connectivity index (χ3v) is 6.48. The number of rotatable bonds is 4. The molecular weight excluding hydrogens is 332 g/mol. The molecule has 0 amide bonds. The molecular formula is C23H32N4. The van der Waals surface area contributed by atoms with Crippen LogP contribution in [0, 0.1) is 18.8 Å². The Bertz CT molecular complexity index is 726. The van der Waals surface area contributed by atoms with Gasteiger partial charge in [-0.3, -0.25) is 14.9 Å². The maximum atomic E-state index is 4.85. The van der Waals surface area contributed by atoms with E-state index < -0.39 is 0 Å². The maximum absolute atomic E-state index is 4.85. The first-order valence-electron chi connectivity index (χ1n) is 10.5. The molecule has 144 valence electrons. The van der Waals surface area contributed by atoms with Crippen molar-refractivity contribution in [2.45, 2.75) is 51.6 Å². The van der Waals surface area contributed by atoms with Crippen molar-refractivity contribution in [3.05, 3.63) is 59.7 Å². The molecule has 4 rings (SSSR count). The van der Waals surface area contributed by atoms with Gasteiger partial charge in [-0.05, 0) is 81.3 Å². The van der Waals surface area contributed by atoms with Crippen LogP contribution < -0.4 is 5.32 Å². The van der Waals surface area contributed by atoms with E-state index in [2.05, 4.69) is 48.3 Å². The summed E-state index contributed by atoms with van der Waals surface area (Å²) in [5.41, 5.74) is 3.79. The molecule has 2 aromatic rings. The number of nitrogens with zero attached hydrogens (tertiary/aromatic N) is 3. The number of nitrogens with one attached hydrogen (secondary N) is 1. The van der Waals surface area contributed by atoms with Gasteiger partial charge in [0.2, 0.25) is 0 Å². The Morgan fingerprint density at radius 2 is 1.81 bits per heavy atom. The quantitative estimate of drug-likeness (QED) is 0.878. The molecule has 3 atom stereocenters. The first kappa shape index (κ1) is 18.6. The smallest absolute Gasteiger partial charge is 0.0607 e. The highest BCUT2D eigenvalue weighted by atomic mass is 15.2. The van der Waals surface area contributed by atoms with Crippen LogP contribution in [0.3, 0.4) is 0 Å². The van der Waals surface area contributed by atoms with Crippen molar-refractivity contribution in [2.75, 3.05) is 19.6 Å². The largest absolute Gasteiger partial charge is 0.317 e. The summed E-state index contributed by atoms with van der Waals surface area (Å²) in [5, 5.41) is 3.51. The van der Waals surface area contributed by atoms with Gasteiger partial charge in [-0.25, -0.2) is 0 Å². The van der Waals surface area contributed by atoms with E-state index in [0.717, 1.165) is 25.6 Å². The monoisotopic (exact) mass is 364 g/mol. The molecule has 0 aromatic carbocycles. The van der Waals surface area contributed by atoms with Gasteiger partial charge in [0, 0.05) is 18.9 Å². The van der Waals surface area contributed by atoms with Crippen LogP contribution in [0.1, 0.15) is 61.6 Å². The molecule has 0 bridgehead atoms. The zero-order valence-electron chi connectivity index (χ0n) is 16.6. The summed E-state index contributed by atoms with van der Waals surface area (Å²) in [4.78, 5) is 12.3. The minimum atomic E-state index is 0.377. The van der Waals surface area contributed by atoms with Gasteiger partial charge in [-0.1, -0.05) is 19.1 Å². The number of piperidine rings is 2. The summed E-state index contributed by atoms with van der Waals surface area (Å²) in [6.45, 7) is 8.06. The molecule has 27 heavy (non-hydrogen) atoms. The fraction of sp³-hybridized carbons (Fsp3) is 0.565. The highest BCUT2D eigenvalue weighted by Gasteiger charge is 2.39. The lowest BCUT2D eigenvalue weighted by atomic mass is 9.81. The van der Waals surface area contributed by atoms with E-state index in [0.29, 0.717) is 18.0 Å². The van der Waals surface area contributed by atoms with E-state index in [1.54, 1.807) is 0 Å². The standard InChI is InChI=1S/C23H32N4/c1-17-6-5-13-26-22(17)23-18(2)8-9-21(20-7-3-4-12-25-20)27(23)16-19-10-14-24-15-11-19/h3-7,12-13,18-19,21,23-24H,8-11,14-16H2,1-2H3. The van der Waals surface area contributed by atoms with Crippen LogP contribution in [0.2, 0.25) is 0 Å². The Labute approximate surface area is 163 Å². The van der Waals surface area contributed by atoms with Gasteiger partial charge < -0.3 is 5.32 Å². The zero-order chi connectivity index (χ0) is 18.6. The number of hydrogen-bond acceptors (Lipinski definition) is 4. The Morgan fingerprint density at radius 1 is 1.00 bits per heavy atom. The SMILES string of the molecule is Cc1cccnc1C1C(C)CCC(c2ccccn2)N1CC1CCNCC1. The fourth-order valence-corrected chi connectivity index (χ4v) is 4.99. The second-order valence-corrected chi connectivity index (χ2v) is 8.37. The molecule has 0 aliphatic carbocycles. The molecule has 2 aliphatic rings. The van der Waals surface area contributed by atoms with Crippen LogP contribution in [0.15, 0.2) is 42.7 Å². The third kappa shape index (κ3) is 4.07. The van der Waals surface area contributed by atoms with Gasteiger partial charge in [0.1, 0.15) is 0 Å². The van der Waals surface area contributed by atoms with E-state index in [4.69, 9.17) is 9.97 Å². The highest BCUT2D eigenvalue weighted by Crippen LogP contribution is 2.45. The van der Waals surface area contributed by atoms with E-state index in [-0.39, 0.29) is 0 Å². The minimum Gasteiger partial charge on any atom is -0.317 e. The highest BCUT2D eigenvalue weighted by molar-refractivity contribution is 5.24. The Morgan fingerprint density at radius 3 is 2.56 bits per heavy atom. The van der Waals surface area contributed by atoms with Crippen molar-refractivity contribution in [3.63, 3.8) is 0 Å². The summed E-state index contributed by atoms with van der Waals surface area (Å²) < 4.78 is 0. The van der Waals surface area contributed by atoms with Crippen LogP contribution in [-0.4, -0.2) is 34.5 Å². The van der Waals surface area contributed by atoms with Crippen LogP contribution in [0.25, 0.3) is 0 Å². The van der Waals surface area contributed by atoms with E-state index in [1.807, 2.05) is 18.5 Å². The lowest BCUT2D eigenvalue weighted by Crippen LogP contribution is -2.45. The predicted molar refractivity (Wildman–Crippen MR) is 109 cm³/mol. The van der Waals surface area contributed by atoms with Crippen molar-refractivity contribution < 1.29 is 0 Å². The third-order valence-electron chi connectivity index (χ3n) is 6.48. The molecule has 0 radical (unpaired) electrons. The summed E-state index contributed by atoms with van der Waals surface area (Å²) in [6, 6.07) is 11.4. The molecule has 2 aliphatic heterocycles. The molecule has 0 spiro atoms. The lowest BCUT2D eigenvalue weighted by Gasteiger charge is -2.47. The Kier molecular flexibility index (Phi) is 5.84. The van der Waals surface area contributed by atoms with Crippen molar-refractivity contribution in [3.8, 4) is 0 Å². The molecule has 4 heteroatoms. The lowest BCUT2D eigenvalue weighted by molar-refractivity contribution is 0.0203. The fourth-order valence-electron chi connectivity index (χ4n) is 4.99. The number of pyridine rings is 2. The van der Waals surface area contributed by atoms with E-state index in [1.165, 1.54) is 42.6 Å². The average molecular weight is 365 g/mol. The van der Waals surface area contributed by atoms with Crippen molar-refractivity contribution >= 4 is 0 Å². The molecule has 4 nitrogen and oxygen atoms in total. The van der Waals surface area contributed by atoms with Crippen LogP contribution >= 0.6 is 0 Å². The molecule has 2 saturated heterocycles. The molecule has 3 unspecified atom stereocenters. The summed E-state index contributed by atoms with van der Waals surface area (Å²) in [6.07, 6.45) is 8.86. The van der Waals surface area contributed by atoms with Crippen LogP contribution in [-0.2, 0) is 0 Å². The van der Waals surface area contributed by atoms with Crippen molar-refractivity contribution in [2.24, 2.45) is 11.8 Å². The second-order valence-electron chi connectivity index (χ2n) is 8.37. The van der Waals surface area contributed by atoms with Crippen molar-refractivity contribution in [1.29, 1.82) is 0 Å². The number of aryl methyl sites for hydroxylation is 1. The topological polar surface area (TPSA) is 41.1 Å². The maximum Gasteiger partial charge on any atom is 0.0607 e. The first-order valence-corrected chi connectivity index (χ1v) is 10.5. The van der Waals surface area contributed by atoms with Crippen LogP contribution in [0.5, 0.6) is 0 Å². The summed E-state index contributed by atoms with van der Waals surface area (Å²) in [7, 11) is 0. The normalized spacial score (nSPS) is 27.6. The average Bonchev–Trinajstić information content (AvgIpc) is 2.71.